The average Bonchev–Trinajstić information content (AvgIpc) is 2.67. The standard InChI is InChI=1S/C12H17NO7S.Na/c1-12(5-3-2-4-6-12)11(16)20-13-9(14)7-8(10(13)15)21(17,18)19;/h8H,2-7H2,1H3,(H,17,18,19);/q;+1/p-1. The number of carbonyl (C=O) groups excluding carboxylic acids is 3. The number of hydrogen-bond donors (Lipinski definition) is 0. The van der Waals surface area contributed by atoms with Crippen LogP contribution in [0.4, 0.5) is 0 Å². The van der Waals surface area contributed by atoms with Crippen molar-refractivity contribution in [1.29, 1.82) is 0 Å². The summed E-state index contributed by atoms with van der Waals surface area (Å²) < 4.78 is 32.7. The predicted molar refractivity (Wildman–Crippen MR) is 67.2 cm³/mol. The summed E-state index contributed by atoms with van der Waals surface area (Å²) in [5.41, 5.74) is -0.798. The predicted octanol–water partition coefficient (Wildman–Crippen LogP) is -2.91. The molecule has 1 saturated carbocycles. The molecule has 1 heterocycles. The largest absolute Gasteiger partial charge is 1.00 e. The van der Waals surface area contributed by atoms with Crippen LogP contribution in [0.3, 0.4) is 0 Å². The molecule has 1 atom stereocenters. The Morgan fingerprint density at radius 3 is 2.27 bits per heavy atom. The zero-order valence-corrected chi connectivity index (χ0v) is 15.3. The molecule has 0 spiro atoms. The van der Waals surface area contributed by atoms with Gasteiger partial charge in [0.25, 0.3) is 11.8 Å². The third kappa shape index (κ3) is 3.88. The third-order valence-corrected chi connectivity index (χ3v) is 5.10. The van der Waals surface area contributed by atoms with Gasteiger partial charge in [-0.2, -0.15) is 0 Å². The molecule has 0 bridgehead atoms. The number of nitrogens with zero attached hydrogens (tertiary/aromatic N) is 1. The molecule has 2 fully saturated rings. The molecule has 1 saturated heterocycles. The van der Waals surface area contributed by atoms with Crippen LogP contribution < -0.4 is 29.6 Å². The van der Waals surface area contributed by atoms with Crippen molar-refractivity contribution < 1.29 is 61.7 Å². The molecular weight excluding hydrogens is 325 g/mol. The molecular formula is C12H16NNaO7S. The minimum atomic E-state index is -4.95. The fourth-order valence-corrected chi connectivity index (χ4v) is 3.32. The second-order valence-corrected chi connectivity index (χ2v) is 7.27. The Labute approximate surface area is 150 Å². The van der Waals surface area contributed by atoms with Crippen LogP contribution in [-0.2, 0) is 29.3 Å². The van der Waals surface area contributed by atoms with Crippen molar-refractivity contribution >= 4 is 27.9 Å². The van der Waals surface area contributed by atoms with E-state index in [0.29, 0.717) is 12.8 Å². The van der Waals surface area contributed by atoms with E-state index in [2.05, 4.69) is 0 Å². The van der Waals surface area contributed by atoms with Gasteiger partial charge < -0.3 is 9.39 Å². The van der Waals surface area contributed by atoms with E-state index in [4.69, 9.17) is 4.84 Å². The normalized spacial score (nSPS) is 24.8. The van der Waals surface area contributed by atoms with Gasteiger partial charge in [-0.25, -0.2) is 13.2 Å². The van der Waals surface area contributed by atoms with Gasteiger partial charge in [-0.1, -0.05) is 19.3 Å². The van der Waals surface area contributed by atoms with Crippen LogP contribution in [0, 0.1) is 5.41 Å². The van der Waals surface area contributed by atoms with E-state index < -0.39 is 45.0 Å². The van der Waals surface area contributed by atoms with Crippen molar-refractivity contribution in [3.05, 3.63) is 0 Å². The molecule has 1 aliphatic heterocycles. The number of hydrogen-bond acceptors (Lipinski definition) is 7. The third-order valence-electron chi connectivity index (χ3n) is 4.03. The van der Waals surface area contributed by atoms with Crippen molar-refractivity contribution in [3.8, 4) is 0 Å². The van der Waals surface area contributed by atoms with Gasteiger partial charge in [-0.05, 0) is 19.8 Å². The summed E-state index contributed by atoms with van der Waals surface area (Å²) in [6, 6.07) is 0. The Morgan fingerprint density at radius 2 is 1.82 bits per heavy atom. The first kappa shape index (κ1) is 19.6. The number of rotatable bonds is 3. The van der Waals surface area contributed by atoms with Gasteiger partial charge in [0.2, 0.25) is 0 Å². The zero-order valence-electron chi connectivity index (χ0n) is 12.5. The number of amides is 2. The fraction of sp³-hybridized carbons (Fsp3) is 0.750. The molecule has 118 valence electrons. The molecule has 2 aliphatic rings. The Balaban J connectivity index is 0.00000242. The SMILES string of the molecule is CC1(C(=O)ON2C(=O)CC(S(=O)(=O)[O-])C2=O)CCCCC1.[Na+]. The first-order chi connectivity index (χ1) is 9.65. The Morgan fingerprint density at radius 1 is 1.27 bits per heavy atom. The molecule has 22 heavy (non-hydrogen) atoms. The van der Waals surface area contributed by atoms with Gasteiger partial charge >= 0.3 is 35.5 Å². The average molecular weight is 341 g/mol. The van der Waals surface area contributed by atoms with Crippen LogP contribution in [0.1, 0.15) is 45.4 Å². The molecule has 0 aromatic heterocycles. The first-order valence-corrected chi connectivity index (χ1v) is 8.16. The quantitative estimate of drug-likeness (QED) is 0.306. The van der Waals surface area contributed by atoms with E-state index in [0.717, 1.165) is 19.3 Å². The van der Waals surface area contributed by atoms with Crippen LogP contribution in [-0.4, -0.2) is 41.1 Å². The summed E-state index contributed by atoms with van der Waals surface area (Å²) in [5, 5.41) is -1.88. The van der Waals surface area contributed by atoms with Gasteiger partial charge in [0.05, 0.1) is 11.8 Å². The van der Waals surface area contributed by atoms with Crippen molar-refractivity contribution in [3.63, 3.8) is 0 Å². The maximum absolute atomic E-state index is 12.1. The Kier molecular flexibility index (Phi) is 6.19. The van der Waals surface area contributed by atoms with E-state index in [-0.39, 0.29) is 34.6 Å². The van der Waals surface area contributed by atoms with Crippen molar-refractivity contribution in [2.24, 2.45) is 5.41 Å². The van der Waals surface area contributed by atoms with Gasteiger partial charge in [0.1, 0.15) is 15.4 Å². The topological polar surface area (TPSA) is 121 Å². The first-order valence-electron chi connectivity index (χ1n) is 6.69. The molecule has 2 rings (SSSR count). The summed E-state index contributed by atoms with van der Waals surface area (Å²) in [6.45, 7) is 1.68. The molecule has 8 nitrogen and oxygen atoms in total. The van der Waals surface area contributed by atoms with Crippen molar-refractivity contribution in [1.82, 2.24) is 5.06 Å². The smallest absolute Gasteiger partial charge is 0.747 e. The molecule has 0 aromatic carbocycles. The number of imide groups is 1. The van der Waals surface area contributed by atoms with Crippen LogP contribution in [0.2, 0.25) is 0 Å². The fourth-order valence-electron chi connectivity index (χ4n) is 2.63. The van der Waals surface area contributed by atoms with Crippen LogP contribution in [0.15, 0.2) is 0 Å². The minimum Gasteiger partial charge on any atom is -0.747 e. The maximum Gasteiger partial charge on any atom is 1.00 e. The van der Waals surface area contributed by atoms with E-state index in [1.165, 1.54) is 0 Å². The molecule has 10 heteroatoms. The molecule has 2 amide bonds. The second kappa shape index (κ2) is 6.96. The molecule has 1 aliphatic carbocycles. The van der Waals surface area contributed by atoms with E-state index in [9.17, 15) is 27.4 Å². The number of carbonyl (C=O) groups is 3. The summed E-state index contributed by atoms with van der Waals surface area (Å²) in [7, 11) is -4.95. The summed E-state index contributed by atoms with van der Waals surface area (Å²) >= 11 is 0. The Hall–Kier alpha value is -0.480. The number of hydroxylamine groups is 2. The molecule has 1 unspecified atom stereocenters. The Bertz CT molecular complexity index is 582. The van der Waals surface area contributed by atoms with Crippen molar-refractivity contribution in [2.45, 2.75) is 50.7 Å². The van der Waals surface area contributed by atoms with Gasteiger partial charge in [-0.3, -0.25) is 9.59 Å². The van der Waals surface area contributed by atoms with E-state index in [1.54, 1.807) is 6.92 Å². The molecule has 0 N–H and O–H groups in total. The van der Waals surface area contributed by atoms with Crippen molar-refractivity contribution in [2.75, 3.05) is 0 Å². The second-order valence-electron chi connectivity index (χ2n) is 5.71. The molecule has 0 aromatic rings. The zero-order chi connectivity index (χ0) is 15.8. The van der Waals surface area contributed by atoms with Crippen LogP contribution in [0.25, 0.3) is 0 Å². The minimum absolute atomic E-state index is 0. The maximum atomic E-state index is 12.1. The summed E-state index contributed by atoms with van der Waals surface area (Å²) in [5.74, 6) is -3.02. The van der Waals surface area contributed by atoms with E-state index >= 15 is 0 Å². The molecule has 0 radical (unpaired) electrons. The van der Waals surface area contributed by atoms with Gasteiger partial charge in [0.15, 0.2) is 0 Å². The van der Waals surface area contributed by atoms with Gasteiger partial charge in [-0.15, -0.1) is 5.06 Å². The summed E-state index contributed by atoms with van der Waals surface area (Å²) in [6.07, 6.45) is 3.04. The van der Waals surface area contributed by atoms with Gasteiger partial charge in [0, 0.05) is 0 Å². The van der Waals surface area contributed by atoms with Crippen LogP contribution in [0.5, 0.6) is 0 Å². The summed E-state index contributed by atoms with van der Waals surface area (Å²) in [4.78, 5) is 40.2. The van der Waals surface area contributed by atoms with E-state index in [1.807, 2.05) is 0 Å². The van der Waals surface area contributed by atoms with Crippen LogP contribution >= 0.6 is 0 Å². The monoisotopic (exact) mass is 341 g/mol.